The third-order valence-corrected chi connectivity index (χ3v) is 4.19. The lowest BCUT2D eigenvalue weighted by Crippen LogP contribution is -2.08. The van der Waals surface area contributed by atoms with Crippen molar-refractivity contribution in [2.24, 2.45) is 0 Å². The average molecular weight is 305 g/mol. The maximum atomic E-state index is 13.8. The molecule has 1 unspecified atom stereocenters. The highest BCUT2D eigenvalue weighted by atomic mass is 32.2. The number of nitrogens with one attached hydrogen (secondary N) is 1. The Morgan fingerprint density at radius 1 is 1.24 bits per heavy atom. The van der Waals surface area contributed by atoms with Crippen molar-refractivity contribution in [2.75, 3.05) is 18.2 Å². The van der Waals surface area contributed by atoms with Crippen molar-refractivity contribution < 1.29 is 9.13 Å². The second-order valence-electron chi connectivity index (χ2n) is 4.69. The molecule has 2 rings (SSSR count). The van der Waals surface area contributed by atoms with Crippen molar-refractivity contribution in [3.05, 3.63) is 53.8 Å². The summed E-state index contributed by atoms with van der Waals surface area (Å²) in [6.07, 6.45) is 0. The van der Waals surface area contributed by atoms with Gasteiger partial charge in [-0.1, -0.05) is 25.1 Å². The van der Waals surface area contributed by atoms with Gasteiger partial charge in [0.05, 0.1) is 7.11 Å². The van der Waals surface area contributed by atoms with Crippen LogP contribution in [-0.2, 0) is 0 Å². The van der Waals surface area contributed by atoms with E-state index in [0.717, 1.165) is 17.0 Å². The van der Waals surface area contributed by atoms with Crippen LogP contribution in [0.3, 0.4) is 0 Å². The maximum absolute atomic E-state index is 13.8. The van der Waals surface area contributed by atoms with E-state index in [0.29, 0.717) is 0 Å². The molecule has 112 valence electrons. The standard InChI is InChI=1S/C17H20FNOS/c1-4-21-17-8-6-5-7-15(17)19-12(2)13-9-10-16(20-3)14(18)11-13/h5-12,19H,4H2,1-3H3. The van der Waals surface area contributed by atoms with Gasteiger partial charge in [-0.3, -0.25) is 0 Å². The summed E-state index contributed by atoms with van der Waals surface area (Å²) in [4.78, 5) is 1.21. The molecule has 0 aliphatic heterocycles. The first-order valence-corrected chi connectivity index (χ1v) is 7.96. The number of anilines is 1. The van der Waals surface area contributed by atoms with Gasteiger partial charge >= 0.3 is 0 Å². The van der Waals surface area contributed by atoms with E-state index in [2.05, 4.69) is 18.3 Å². The predicted octanol–water partition coefficient (Wildman–Crippen LogP) is 5.12. The number of halogens is 1. The Labute approximate surface area is 129 Å². The molecular formula is C17H20FNOS. The largest absolute Gasteiger partial charge is 0.494 e. The van der Waals surface area contributed by atoms with Crippen LogP contribution in [-0.4, -0.2) is 12.9 Å². The van der Waals surface area contributed by atoms with E-state index in [1.807, 2.05) is 31.2 Å². The first kappa shape index (κ1) is 15.7. The minimum atomic E-state index is -0.333. The molecule has 0 heterocycles. The minimum Gasteiger partial charge on any atom is -0.494 e. The minimum absolute atomic E-state index is 0.0176. The lowest BCUT2D eigenvalue weighted by Gasteiger charge is -2.18. The fourth-order valence-corrected chi connectivity index (χ4v) is 2.90. The molecule has 21 heavy (non-hydrogen) atoms. The van der Waals surface area contributed by atoms with Gasteiger partial charge < -0.3 is 10.1 Å². The number of para-hydroxylation sites is 1. The third-order valence-electron chi connectivity index (χ3n) is 3.23. The summed E-state index contributed by atoms with van der Waals surface area (Å²) < 4.78 is 18.7. The number of hydrogen-bond acceptors (Lipinski definition) is 3. The van der Waals surface area contributed by atoms with E-state index in [4.69, 9.17) is 4.74 Å². The van der Waals surface area contributed by atoms with Crippen LogP contribution in [0, 0.1) is 5.82 Å². The molecule has 0 amide bonds. The molecular weight excluding hydrogens is 285 g/mol. The number of thioether (sulfide) groups is 1. The molecule has 2 aromatic rings. The number of ether oxygens (including phenoxy) is 1. The number of methoxy groups -OCH3 is 1. The lowest BCUT2D eigenvalue weighted by atomic mass is 10.1. The summed E-state index contributed by atoms with van der Waals surface area (Å²) in [5.41, 5.74) is 1.97. The number of hydrogen-bond donors (Lipinski definition) is 1. The van der Waals surface area contributed by atoms with Crippen LogP contribution >= 0.6 is 11.8 Å². The Kier molecular flexibility index (Phi) is 5.51. The molecule has 4 heteroatoms. The molecule has 1 atom stereocenters. The van der Waals surface area contributed by atoms with Crippen molar-refractivity contribution >= 4 is 17.4 Å². The van der Waals surface area contributed by atoms with Gasteiger partial charge in [-0.15, -0.1) is 11.8 Å². The van der Waals surface area contributed by atoms with Crippen molar-refractivity contribution in [1.29, 1.82) is 0 Å². The van der Waals surface area contributed by atoms with E-state index in [-0.39, 0.29) is 17.6 Å². The molecule has 0 saturated heterocycles. The van der Waals surface area contributed by atoms with E-state index >= 15 is 0 Å². The third kappa shape index (κ3) is 3.91. The number of benzene rings is 2. The van der Waals surface area contributed by atoms with Gasteiger partial charge in [0.1, 0.15) is 0 Å². The molecule has 0 radical (unpaired) electrons. The molecule has 0 aliphatic carbocycles. The molecule has 0 bridgehead atoms. The fourth-order valence-electron chi connectivity index (χ4n) is 2.14. The van der Waals surface area contributed by atoms with Crippen molar-refractivity contribution in [3.63, 3.8) is 0 Å². The van der Waals surface area contributed by atoms with Crippen LogP contribution in [0.15, 0.2) is 47.4 Å². The predicted molar refractivity (Wildman–Crippen MR) is 87.8 cm³/mol. The van der Waals surface area contributed by atoms with Crippen LogP contribution in [0.2, 0.25) is 0 Å². The summed E-state index contributed by atoms with van der Waals surface area (Å²) in [6, 6.07) is 13.3. The maximum Gasteiger partial charge on any atom is 0.165 e. The zero-order chi connectivity index (χ0) is 15.2. The van der Waals surface area contributed by atoms with Gasteiger partial charge in [-0.25, -0.2) is 4.39 Å². The Morgan fingerprint density at radius 3 is 2.67 bits per heavy atom. The molecule has 0 saturated carbocycles. The highest BCUT2D eigenvalue weighted by Crippen LogP contribution is 2.30. The van der Waals surface area contributed by atoms with Gasteiger partial charge in [0, 0.05) is 16.6 Å². The summed E-state index contributed by atoms with van der Waals surface area (Å²) in [6.45, 7) is 4.15. The topological polar surface area (TPSA) is 21.3 Å². The lowest BCUT2D eigenvalue weighted by molar-refractivity contribution is 0.386. The van der Waals surface area contributed by atoms with Gasteiger partial charge in [0.2, 0.25) is 0 Å². The van der Waals surface area contributed by atoms with Gasteiger partial charge in [0.15, 0.2) is 11.6 Å². The molecule has 0 fully saturated rings. The van der Waals surface area contributed by atoms with E-state index in [1.165, 1.54) is 18.1 Å². The molecule has 2 aromatic carbocycles. The summed E-state index contributed by atoms with van der Waals surface area (Å²) >= 11 is 1.79. The van der Waals surface area contributed by atoms with Crippen LogP contribution < -0.4 is 10.1 Å². The SMILES string of the molecule is CCSc1ccccc1NC(C)c1ccc(OC)c(F)c1. The second kappa shape index (κ2) is 7.36. The van der Waals surface area contributed by atoms with Crippen LogP contribution in [0.5, 0.6) is 5.75 Å². The summed E-state index contributed by atoms with van der Waals surface area (Å²) in [5.74, 6) is 0.956. The fraction of sp³-hybridized carbons (Fsp3) is 0.294. The summed E-state index contributed by atoms with van der Waals surface area (Å²) in [7, 11) is 1.47. The van der Waals surface area contributed by atoms with Crippen LogP contribution in [0.25, 0.3) is 0 Å². The highest BCUT2D eigenvalue weighted by molar-refractivity contribution is 7.99. The zero-order valence-corrected chi connectivity index (χ0v) is 13.3. The quantitative estimate of drug-likeness (QED) is 0.748. The van der Waals surface area contributed by atoms with Crippen molar-refractivity contribution in [3.8, 4) is 5.75 Å². The number of rotatable bonds is 6. The van der Waals surface area contributed by atoms with E-state index in [1.54, 1.807) is 17.8 Å². The normalized spacial score (nSPS) is 12.0. The van der Waals surface area contributed by atoms with Crippen molar-refractivity contribution in [1.82, 2.24) is 0 Å². The Balaban J connectivity index is 2.18. The Morgan fingerprint density at radius 2 is 2.00 bits per heavy atom. The molecule has 1 N–H and O–H groups in total. The van der Waals surface area contributed by atoms with Crippen molar-refractivity contribution in [2.45, 2.75) is 24.8 Å². The Bertz CT molecular complexity index is 603. The Hall–Kier alpha value is -1.68. The smallest absolute Gasteiger partial charge is 0.165 e. The van der Waals surface area contributed by atoms with Crippen LogP contribution in [0.1, 0.15) is 25.5 Å². The average Bonchev–Trinajstić information content (AvgIpc) is 2.49. The van der Waals surface area contributed by atoms with Gasteiger partial charge in [0.25, 0.3) is 0 Å². The highest BCUT2D eigenvalue weighted by Gasteiger charge is 2.11. The molecule has 0 aliphatic rings. The first-order valence-electron chi connectivity index (χ1n) is 6.97. The molecule has 0 aromatic heterocycles. The summed E-state index contributed by atoms with van der Waals surface area (Å²) in [5, 5.41) is 3.45. The first-order chi connectivity index (χ1) is 10.2. The van der Waals surface area contributed by atoms with Crippen LogP contribution in [0.4, 0.5) is 10.1 Å². The second-order valence-corrected chi connectivity index (χ2v) is 6.00. The zero-order valence-electron chi connectivity index (χ0n) is 12.5. The van der Waals surface area contributed by atoms with Gasteiger partial charge in [-0.2, -0.15) is 0 Å². The monoisotopic (exact) mass is 305 g/mol. The van der Waals surface area contributed by atoms with E-state index in [9.17, 15) is 4.39 Å². The molecule has 0 spiro atoms. The van der Waals surface area contributed by atoms with E-state index < -0.39 is 0 Å². The molecule has 2 nitrogen and oxygen atoms in total. The van der Waals surface area contributed by atoms with Gasteiger partial charge in [-0.05, 0) is 42.5 Å².